The fourth-order valence-corrected chi connectivity index (χ4v) is 2.30. The Balaban J connectivity index is 1.82. The van der Waals surface area contributed by atoms with Crippen LogP contribution >= 0.6 is 0 Å². The summed E-state index contributed by atoms with van der Waals surface area (Å²) in [5, 5.41) is 3.48. The van der Waals surface area contributed by atoms with Crippen molar-refractivity contribution in [2.75, 3.05) is 6.54 Å². The summed E-state index contributed by atoms with van der Waals surface area (Å²) in [6.45, 7) is 3.03. The van der Waals surface area contributed by atoms with Crippen molar-refractivity contribution in [2.45, 2.75) is 32.2 Å². The number of nitrogens with one attached hydrogen (secondary N) is 2. The van der Waals surface area contributed by atoms with Gasteiger partial charge in [-0.2, -0.15) is 0 Å². The SMILES string of the molecule is Cc1ccc(-c2cnc(C3CCCCN3)[nH]2)o1. The maximum absolute atomic E-state index is 5.58. The molecule has 1 atom stereocenters. The molecule has 0 amide bonds. The number of hydrogen-bond donors (Lipinski definition) is 2. The van der Waals surface area contributed by atoms with Gasteiger partial charge in [-0.15, -0.1) is 0 Å². The van der Waals surface area contributed by atoms with Gasteiger partial charge in [0.15, 0.2) is 5.76 Å². The van der Waals surface area contributed by atoms with E-state index in [1.165, 1.54) is 12.8 Å². The Kier molecular flexibility index (Phi) is 2.73. The van der Waals surface area contributed by atoms with Crippen LogP contribution in [0.25, 0.3) is 11.5 Å². The van der Waals surface area contributed by atoms with E-state index in [0.29, 0.717) is 6.04 Å². The quantitative estimate of drug-likeness (QED) is 0.835. The van der Waals surface area contributed by atoms with Crippen LogP contribution in [0.15, 0.2) is 22.7 Å². The van der Waals surface area contributed by atoms with Gasteiger partial charge in [0.25, 0.3) is 0 Å². The van der Waals surface area contributed by atoms with Crippen LogP contribution in [0.5, 0.6) is 0 Å². The van der Waals surface area contributed by atoms with Gasteiger partial charge in [0.2, 0.25) is 0 Å². The Bertz CT molecular complexity index is 494. The summed E-state index contributed by atoms with van der Waals surface area (Å²) in [4.78, 5) is 7.79. The van der Waals surface area contributed by atoms with Gasteiger partial charge in [-0.1, -0.05) is 6.42 Å². The minimum atomic E-state index is 0.369. The monoisotopic (exact) mass is 231 g/mol. The van der Waals surface area contributed by atoms with Crippen LogP contribution in [0.2, 0.25) is 0 Å². The third kappa shape index (κ3) is 2.13. The number of hydrogen-bond acceptors (Lipinski definition) is 3. The fourth-order valence-electron chi connectivity index (χ4n) is 2.30. The molecule has 17 heavy (non-hydrogen) atoms. The maximum Gasteiger partial charge on any atom is 0.152 e. The normalized spacial score (nSPS) is 20.6. The molecule has 0 radical (unpaired) electrons. The topological polar surface area (TPSA) is 53.9 Å². The summed E-state index contributed by atoms with van der Waals surface area (Å²) in [5.41, 5.74) is 0.959. The van der Waals surface area contributed by atoms with Crippen LogP contribution in [0.4, 0.5) is 0 Å². The van der Waals surface area contributed by atoms with Crippen molar-refractivity contribution in [3.8, 4) is 11.5 Å². The van der Waals surface area contributed by atoms with Crippen LogP contribution in [-0.4, -0.2) is 16.5 Å². The van der Waals surface area contributed by atoms with Gasteiger partial charge >= 0.3 is 0 Å². The highest BCUT2D eigenvalue weighted by Gasteiger charge is 2.18. The number of H-pyrrole nitrogens is 1. The molecule has 4 nitrogen and oxygen atoms in total. The van der Waals surface area contributed by atoms with Crippen LogP contribution in [0.3, 0.4) is 0 Å². The molecule has 0 spiro atoms. The van der Waals surface area contributed by atoms with E-state index < -0.39 is 0 Å². The van der Waals surface area contributed by atoms with Crippen molar-refractivity contribution in [1.82, 2.24) is 15.3 Å². The molecule has 2 aromatic rings. The highest BCUT2D eigenvalue weighted by atomic mass is 16.3. The van der Waals surface area contributed by atoms with Gasteiger partial charge in [-0.25, -0.2) is 4.98 Å². The molecule has 0 bridgehead atoms. The molecule has 0 aromatic carbocycles. The first-order chi connectivity index (χ1) is 8.33. The highest BCUT2D eigenvalue weighted by Crippen LogP contribution is 2.24. The number of imidazole rings is 1. The van der Waals surface area contributed by atoms with E-state index in [1.54, 1.807) is 0 Å². The third-order valence-corrected chi connectivity index (χ3v) is 3.24. The molecule has 1 unspecified atom stereocenters. The number of aromatic nitrogens is 2. The Morgan fingerprint density at radius 1 is 1.35 bits per heavy atom. The van der Waals surface area contributed by atoms with Crippen molar-refractivity contribution in [1.29, 1.82) is 0 Å². The zero-order valence-corrected chi connectivity index (χ0v) is 9.99. The zero-order valence-electron chi connectivity index (χ0n) is 9.99. The fraction of sp³-hybridized carbons (Fsp3) is 0.462. The van der Waals surface area contributed by atoms with Crippen molar-refractivity contribution >= 4 is 0 Å². The van der Waals surface area contributed by atoms with Gasteiger partial charge in [0, 0.05) is 0 Å². The number of furan rings is 1. The molecule has 3 rings (SSSR count). The summed E-state index contributed by atoms with van der Waals surface area (Å²) in [6, 6.07) is 4.31. The van der Waals surface area contributed by atoms with E-state index in [9.17, 15) is 0 Å². The second-order valence-electron chi connectivity index (χ2n) is 4.59. The lowest BCUT2D eigenvalue weighted by Gasteiger charge is -2.21. The van der Waals surface area contributed by atoms with E-state index in [2.05, 4.69) is 15.3 Å². The maximum atomic E-state index is 5.58. The number of piperidine rings is 1. The second-order valence-corrected chi connectivity index (χ2v) is 4.59. The predicted molar refractivity (Wildman–Crippen MR) is 65.6 cm³/mol. The van der Waals surface area contributed by atoms with Crippen molar-refractivity contribution in [3.05, 3.63) is 29.9 Å². The van der Waals surface area contributed by atoms with E-state index in [4.69, 9.17) is 4.42 Å². The first kappa shape index (κ1) is 10.6. The van der Waals surface area contributed by atoms with E-state index in [1.807, 2.05) is 25.3 Å². The van der Waals surface area contributed by atoms with E-state index in [0.717, 1.165) is 36.0 Å². The van der Waals surface area contributed by atoms with Crippen LogP contribution in [0, 0.1) is 6.92 Å². The summed E-state index contributed by atoms with van der Waals surface area (Å²) in [5.74, 6) is 2.80. The van der Waals surface area contributed by atoms with Crippen molar-refractivity contribution in [3.63, 3.8) is 0 Å². The molecule has 2 aromatic heterocycles. The Morgan fingerprint density at radius 2 is 2.29 bits per heavy atom. The standard InChI is InChI=1S/C13H17N3O/c1-9-5-6-12(17-9)11-8-15-13(16-11)10-4-2-3-7-14-10/h5-6,8,10,14H,2-4,7H2,1H3,(H,15,16). The number of aromatic amines is 1. The Morgan fingerprint density at radius 3 is 3.00 bits per heavy atom. The predicted octanol–water partition coefficient (Wildman–Crippen LogP) is 2.79. The van der Waals surface area contributed by atoms with Crippen molar-refractivity contribution < 1.29 is 4.42 Å². The lowest BCUT2D eigenvalue weighted by atomic mass is 10.0. The molecule has 0 saturated carbocycles. The van der Waals surface area contributed by atoms with Gasteiger partial charge in [-0.05, 0) is 38.4 Å². The molecule has 1 saturated heterocycles. The molecule has 3 heterocycles. The molecular weight excluding hydrogens is 214 g/mol. The van der Waals surface area contributed by atoms with Gasteiger partial charge in [0.1, 0.15) is 17.3 Å². The van der Waals surface area contributed by atoms with Gasteiger partial charge < -0.3 is 14.7 Å². The number of aryl methyl sites for hydroxylation is 1. The molecule has 4 heteroatoms. The summed E-state index contributed by atoms with van der Waals surface area (Å²) in [6.07, 6.45) is 5.54. The van der Waals surface area contributed by atoms with Gasteiger partial charge in [0.05, 0.1) is 12.2 Å². The van der Waals surface area contributed by atoms with E-state index >= 15 is 0 Å². The Hall–Kier alpha value is -1.55. The van der Waals surface area contributed by atoms with Gasteiger partial charge in [-0.3, -0.25) is 0 Å². The summed E-state index contributed by atoms with van der Waals surface area (Å²) < 4.78 is 5.58. The van der Waals surface area contributed by atoms with Crippen LogP contribution in [-0.2, 0) is 0 Å². The smallest absolute Gasteiger partial charge is 0.152 e. The minimum absolute atomic E-state index is 0.369. The average molecular weight is 231 g/mol. The lowest BCUT2D eigenvalue weighted by Crippen LogP contribution is -2.27. The zero-order chi connectivity index (χ0) is 11.7. The third-order valence-electron chi connectivity index (χ3n) is 3.24. The summed E-state index contributed by atoms with van der Waals surface area (Å²) >= 11 is 0. The first-order valence-corrected chi connectivity index (χ1v) is 6.18. The molecule has 2 N–H and O–H groups in total. The number of rotatable bonds is 2. The van der Waals surface area contributed by atoms with E-state index in [-0.39, 0.29) is 0 Å². The van der Waals surface area contributed by atoms with Crippen molar-refractivity contribution in [2.24, 2.45) is 0 Å². The molecule has 90 valence electrons. The summed E-state index contributed by atoms with van der Waals surface area (Å²) in [7, 11) is 0. The average Bonchev–Trinajstić information content (AvgIpc) is 2.98. The molecule has 1 aliphatic heterocycles. The largest absolute Gasteiger partial charge is 0.460 e. The molecule has 0 aliphatic carbocycles. The molecular formula is C13H17N3O. The van der Waals surface area contributed by atoms with Crippen LogP contribution < -0.4 is 5.32 Å². The molecule has 1 fully saturated rings. The second kappa shape index (κ2) is 4.37. The lowest BCUT2D eigenvalue weighted by molar-refractivity contribution is 0.399. The Labute approximate surface area is 100 Å². The minimum Gasteiger partial charge on any atom is -0.460 e. The number of nitrogens with zero attached hydrogens (tertiary/aromatic N) is 1. The first-order valence-electron chi connectivity index (χ1n) is 6.18. The highest BCUT2D eigenvalue weighted by molar-refractivity contribution is 5.51. The van der Waals surface area contributed by atoms with Crippen LogP contribution in [0.1, 0.15) is 36.9 Å². The molecule has 1 aliphatic rings.